The molecule has 0 aliphatic heterocycles. The first-order valence-electron chi connectivity index (χ1n) is 1.09. The van der Waals surface area contributed by atoms with Crippen molar-refractivity contribution in [3.8, 4) is 12.1 Å². The van der Waals surface area contributed by atoms with Gasteiger partial charge in [0.2, 0.25) is 0 Å². The third-order valence-electron chi connectivity index (χ3n) is 0.168. The molecule has 34 valence electrons. The fraction of sp³-hybridized carbons (Fsp3) is 0. The average molecular weight is 169 g/mol. The molecule has 0 aliphatic rings. The van der Waals surface area contributed by atoms with E-state index < -0.39 is 6.06 Å². The van der Waals surface area contributed by atoms with E-state index in [9.17, 15) is 4.57 Å². The quantitative estimate of drug-likeness (QED) is 0.306. The van der Waals surface area contributed by atoms with Gasteiger partial charge in [-0.05, 0) is 0 Å². The van der Waals surface area contributed by atoms with Crippen LogP contribution in [-0.4, -0.2) is 20.5 Å². The Morgan fingerprint density at radius 2 is 2.17 bits per heavy atom. The standard InChI is InChI=1S/C2H3O2PSe/c1-2-5(3,4)6/h1H,(H2,3,4,6). The fourth-order valence-corrected chi connectivity index (χ4v) is 0. The van der Waals surface area contributed by atoms with Crippen LogP contribution in [0.1, 0.15) is 0 Å². The maximum atomic E-state index is 9.88. The van der Waals surface area contributed by atoms with Gasteiger partial charge in [0.1, 0.15) is 0 Å². The van der Waals surface area contributed by atoms with Gasteiger partial charge in [-0.25, -0.2) is 0 Å². The predicted octanol–water partition coefficient (Wildman–Crippen LogP) is -0.337. The van der Waals surface area contributed by atoms with Crippen LogP contribution in [0.25, 0.3) is 0 Å². The summed E-state index contributed by atoms with van der Waals surface area (Å²) in [5.74, 6) is 0. The molecule has 1 unspecified atom stereocenters. The summed E-state index contributed by atoms with van der Waals surface area (Å²) in [6.45, 7) is 0. The van der Waals surface area contributed by atoms with E-state index in [0.717, 1.165) is 0 Å². The van der Waals surface area contributed by atoms with Crippen molar-refractivity contribution in [3.63, 3.8) is 0 Å². The Morgan fingerprint density at radius 3 is 2.17 bits per heavy atom. The average Bonchev–Trinajstić information content (AvgIpc) is 1.35. The third-order valence-corrected chi connectivity index (χ3v) is 1.23. The van der Waals surface area contributed by atoms with Crippen LogP contribution in [0.15, 0.2) is 0 Å². The van der Waals surface area contributed by atoms with Gasteiger partial charge in [-0.1, -0.05) is 0 Å². The van der Waals surface area contributed by atoms with Crippen molar-refractivity contribution in [2.75, 3.05) is 0 Å². The number of terminal acetylenes is 1. The van der Waals surface area contributed by atoms with Gasteiger partial charge in [0, 0.05) is 0 Å². The molecule has 0 rings (SSSR count). The Morgan fingerprint density at radius 1 is 2.00 bits per heavy atom. The van der Waals surface area contributed by atoms with Crippen LogP contribution >= 0.6 is 6.06 Å². The summed E-state index contributed by atoms with van der Waals surface area (Å²) in [5, 5.41) is 0. The molecule has 0 aromatic carbocycles. The fourth-order valence-electron chi connectivity index (χ4n) is 0. The molecule has 0 aliphatic carbocycles. The van der Waals surface area contributed by atoms with Crippen LogP contribution in [0.4, 0.5) is 0 Å². The van der Waals surface area contributed by atoms with Crippen molar-refractivity contribution in [1.82, 2.24) is 0 Å². The van der Waals surface area contributed by atoms with Crippen molar-refractivity contribution in [2.45, 2.75) is 0 Å². The zero-order valence-electron chi connectivity index (χ0n) is 2.83. The van der Waals surface area contributed by atoms with E-state index in [2.05, 4.69) is 6.42 Å². The van der Waals surface area contributed by atoms with Gasteiger partial charge in [0.15, 0.2) is 0 Å². The van der Waals surface area contributed by atoms with Gasteiger partial charge in [0.25, 0.3) is 0 Å². The molecule has 0 aromatic rings. The number of hydrogen-bond donors (Lipinski definition) is 1. The third kappa shape index (κ3) is 4.27. The summed E-state index contributed by atoms with van der Waals surface area (Å²) in [4.78, 5) is 8.12. The Kier molecular flexibility index (Phi) is 1.90. The van der Waals surface area contributed by atoms with Crippen LogP contribution in [0.2, 0.25) is 0 Å². The zero-order chi connectivity index (χ0) is 5.21. The van der Waals surface area contributed by atoms with Crippen LogP contribution in [0.5, 0.6) is 0 Å². The Labute approximate surface area is 43.8 Å². The van der Waals surface area contributed by atoms with Crippen molar-refractivity contribution >= 4 is 21.6 Å². The maximum absolute atomic E-state index is 9.88. The van der Waals surface area contributed by atoms with Crippen molar-refractivity contribution in [2.24, 2.45) is 0 Å². The summed E-state index contributed by atoms with van der Waals surface area (Å²) in [5.41, 5.74) is 1.69. The van der Waals surface area contributed by atoms with Crippen molar-refractivity contribution in [3.05, 3.63) is 0 Å². The molecular weight excluding hydrogens is 166 g/mol. The van der Waals surface area contributed by atoms with Crippen LogP contribution < -0.4 is 0 Å². The molecule has 0 bridgehead atoms. The van der Waals surface area contributed by atoms with Gasteiger partial charge in [-0.3, -0.25) is 0 Å². The first-order chi connectivity index (χ1) is 2.56. The van der Waals surface area contributed by atoms with Crippen LogP contribution in [0, 0.1) is 12.1 Å². The zero-order valence-corrected chi connectivity index (χ0v) is 5.60. The van der Waals surface area contributed by atoms with E-state index >= 15 is 0 Å². The monoisotopic (exact) mass is 170 g/mol. The second kappa shape index (κ2) is 1.82. The summed E-state index contributed by atoms with van der Waals surface area (Å²) in [7, 11) is 0. The summed E-state index contributed by atoms with van der Waals surface area (Å²) in [6.07, 6.45) is 4.53. The summed E-state index contributed by atoms with van der Waals surface area (Å²) in [6, 6.07) is -3.18. The molecule has 1 atom stereocenters. The molecule has 2 nitrogen and oxygen atoms in total. The Bertz CT molecular complexity index is 118. The van der Waals surface area contributed by atoms with Crippen LogP contribution in [-0.2, 0) is 4.57 Å². The molecule has 0 aromatic heterocycles. The molecule has 6 heavy (non-hydrogen) atoms. The summed E-state index contributed by atoms with van der Waals surface area (Å²) < 4.78 is 9.88. The van der Waals surface area contributed by atoms with Crippen molar-refractivity contribution in [1.29, 1.82) is 0 Å². The van der Waals surface area contributed by atoms with E-state index in [-0.39, 0.29) is 0 Å². The van der Waals surface area contributed by atoms with Gasteiger partial charge in [-0.15, -0.1) is 0 Å². The molecule has 0 saturated carbocycles. The molecule has 0 radical (unpaired) electrons. The molecule has 1 N–H and O–H groups in total. The molecule has 4 heteroatoms. The van der Waals surface area contributed by atoms with Gasteiger partial charge < -0.3 is 0 Å². The second-order valence-electron chi connectivity index (χ2n) is 0.673. The predicted molar refractivity (Wildman–Crippen MR) is 25.8 cm³/mol. The van der Waals surface area contributed by atoms with E-state index in [0.29, 0.717) is 0 Å². The van der Waals surface area contributed by atoms with E-state index in [4.69, 9.17) is 4.89 Å². The minimum atomic E-state index is -3.18. The second-order valence-corrected chi connectivity index (χ2v) is 5.43. The molecule has 0 amide bonds. The molecule has 0 saturated heterocycles. The molecular formula is C2H3O2PSe. The van der Waals surface area contributed by atoms with E-state index in [1.807, 2.05) is 0 Å². The van der Waals surface area contributed by atoms with Crippen molar-refractivity contribution < 1.29 is 9.46 Å². The Balaban J connectivity index is 3.94. The summed E-state index contributed by atoms with van der Waals surface area (Å²) >= 11 is 1.53. The van der Waals surface area contributed by atoms with Gasteiger partial charge in [0.05, 0.1) is 0 Å². The normalized spacial score (nSPS) is 18.2. The molecule has 0 heterocycles. The number of rotatable bonds is 0. The minimum absolute atomic E-state index is 1.53. The van der Waals surface area contributed by atoms with E-state index in [1.165, 1.54) is 15.6 Å². The first-order valence-corrected chi connectivity index (χ1v) is 5.22. The van der Waals surface area contributed by atoms with Gasteiger partial charge in [-0.2, -0.15) is 0 Å². The SMILES string of the molecule is C#CP(=O)(O)[SeH]. The van der Waals surface area contributed by atoms with Gasteiger partial charge >= 0.3 is 43.2 Å². The topological polar surface area (TPSA) is 37.3 Å². The van der Waals surface area contributed by atoms with E-state index in [1.54, 1.807) is 5.66 Å². The Hall–Kier alpha value is 0.269. The first kappa shape index (κ1) is 6.27. The number of hydrogen-bond acceptors (Lipinski definition) is 1. The molecule has 0 spiro atoms. The molecule has 0 fully saturated rings. The van der Waals surface area contributed by atoms with Crippen LogP contribution in [0.3, 0.4) is 0 Å².